The molecular weight excluding hydrogens is 252 g/mol. The number of rotatable bonds is 4. The number of benzene rings is 1. The largest absolute Gasteiger partial charge is 0.352 e. The number of carbonyl (C=O) groups excluding carboxylic acids is 2. The van der Waals surface area contributed by atoms with Crippen molar-refractivity contribution < 1.29 is 9.59 Å². The third-order valence-electron chi connectivity index (χ3n) is 2.78. The third-order valence-corrected chi connectivity index (χ3v) is 3.11. The zero-order valence-corrected chi connectivity index (χ0v) is 10.8. The lowest BCUT2D eigenvalue weighted by atomic mass is 10.2. The van der Waals surface area contributed by atoms with Crippen molar-refractivity contribution in [2.75, 3.05) is 0 Å². The fourth-order valence-corrected chi connectivity index (χ4v) is 1.76. The van der Waals surface area contributed by atoms with E-state index in [1.165, 1.54) is 0 Å². The first kappa shape index (κ1) is 12.9. The van der Waals surface area contributed by atoms with Gasteiger partial charge in [-0.15, -0.1) is 0 Å². The third kappa shape index (κ3) is 3.23. The summed E-state index contributed by atoms with van der Waals surface area (Å²) in [6.07, 6.45) is 2.05. The molecule has 18 heavy (non-hydrogen) atoms. The lowest BCUT2D eigenvalue weighted by Gasteiger charge is -2.14. The molecule has 0 radical (unpaired) electrons. The van der Waals surface area contributed by atoms with Gasteiger partial charge in [0.2, 0.25) is 5.91 Å². The van der Waals surface area contributed by atoms with Crippen LogP contribution in [0, 0.1) is 0 Å². The fourth-order valence-electron chi connectivity index (χ4n) is 1.54. The zero-order chi connectivity index (χ0) is 13.1. The second kappa shape index (κ2) is 5.40. The van der Waals surface area contributed by atoms with Gasteiger partial charge in [0, 0.05) is 6.04 Å². The van der Waals surface area contributed by atoms with E-state index in [4.69, 9.17) is 11.6 Å². The van der Waals surface area contributed by atoms with Gasteiger partial charge in [-0.3, -0.25) is 9.59 Å². The maximum Gasteiger partial charge on any atom is 0.253 e. The average Bonchev–Trinajstić information content (AvgIpc) is 3.13. The lowest BCUT2D eigenvalue weighted by molar-refractivity contribution is -0.122. The molecule has 96 valence electrons. The lowest BCUT2D eigenvalue weighted by Crippen LogP contribution is -2.45. The Bertz CT molecular complexity index is 472. The summed E-state index contributed by atoms with van der Waals surface area (Å²) in [6.45, 7) is 1.66. The minimum atomic E-state index is -0.561. The van der Waals surface area contributed by atoms with Crippen LogP contribution in [-0.2, 0) is 4.79 Å². The van der Waals surface area contributed by atoms with Crippen LogP contribution < -0.4 is 10.6 Å². The number of halogens is 1. The number of carbonyl (C=O) groups is 2. The van der Waals surface area contributed by atoms with Crippen molar-refractivity contribution in [1.29, 1.82) is 0 Å². The molecule has 1 atom stereocenters. The Balaban J connectivity index is 1.94. The molecule has 2 N–H and O–H groups in total. The monoisotopic (exact) mass is 266 g/mol. The van der Waals surface area contributed by atoms with Crippen LogP contribution in [0.1, 0.15) is 30.1 Å². The Morgan fingerprint density at radius 1 is 1.33 bits per heavy atom. The highest BCUT2D eigenvalue weighted by molar-refractivity contribution is 6.33. The van der Waals surface area contributed by atoms with Crippen molar-refractivity contribution in [3.63, 3.8) is 0 Å². The molecule has 1 saturated carbocycles. The van der Waals surface area contributed by atoms with E-state index in [1.807, 2.05) is 0 Å². The Morgan fingerprint density at radius 2 is 2.00 bits per heavy atom. The first-order valence-corrected chi connectivity index (χ1v) is 6.31. The van der Waals surface area contributed by atoms with Gasteiger partial charge >= 0.3 is 0 Å². The molecule has 1 aromatic rings. The van der Waals surface area contributed by atoms with Gasteiger partial charge in [-0.25, -0.2) is 0 Å². The minimum Gasteiger partial charge on any atom is -0.352 e. The highest BCUT2D eigenvalue weighted by Crippen LogP contribution is 2.18. The zero-order valence-electron chi connectivity index (χ0n) is 10.1. The van der Waals surface area contributed by atoms with Gasteiger partial charge in [-0.1, -0.05) is 23.7 Å². The van der Waals surface area contributed by atoms with Gasteiger partial charge in [0.15, 0.2) is 0 Å². The molecule has 0 aromatic heterocycles. The second-order valence-corrected chi connectivity index (χ2v) is 4.87. The Kier molecular flexibility index (Phi) is 3.87. The molecule has 0 bridgehead atoms. The molecule has 1 aliphatic carbocycles. The van der Waals surface area contributed by atoms with Crippen LogP contribution in [0.25, 0.3) is 0 Å². The van der Waals surface area contributed by atoms with E-state index in [1.54, 1.807) is 31.2 Å². The van der Waals surface area contributed by atoms with Crippen LogP contribution in [0.4, 0.5) is 0 Å². The normalized spacial score (nSPS) is 15.9. The molecule has 0 heterocycles. The highest BCUT2D eigenvalue weighted by atomic mass is 35.5. The van der Waals surface area contributed by atoms with Crippen molar-refractivity contribution in [3.05, 3.63) is 34.9 Å². The van der Waals surface area contributed by atoms with Gasteiger partial charge in [-0.05, 0) is 31.9 Å². The maximum atomic E-state index is 11.9. The molecule has 0 aliphatic heterocycles. The highest BCUT2D eigenvalue weighted by Gasteiger charge is 2.26. The van der Waals surface area contributed by atoms with E-state index in [-0.39, 0.29) is 17.9 Å². The summed E-state index contributed by atoms with van der Waals surface area (Å²) in [5.41, 5.74) is 0.380. The molecule has 1 aliphatic rings. The number of hydrogen-bond acceptors (Lipinski definition) is 2. The molecule has 0 spiro atoms. The summed E-state index contributed by atoms with van der Waals surface area (Å²) < 4.78 is 0. The van der Waals surface area contributed by atoms with Crippen molar-refractivity contribution in [3.8, 4) is 0 Å². The first-order valence-electron chi connectivity index (χ1n) is 5.93. The van der Waals surface area contributed by atoms with Crippen molar-refractivity contribution in [2.24, 2.45) is 0 Å². The summed E-state index contributed by atoms with van der Waals surface area (Å²) in [4.78, 5) is 23.6. The van der Waals surface area contributed by atoms with Crippen LogP contribution in [0.15, 0.2) is 24.3 Å². The smallest absolute Gasteiger partial charge is 0.253 e. The van der Waals surface area contributed by atoms with Gasteiger partial charge < -0.3 is 10.6 Å². The summed E-state index contributed by atoms with van der Waals surface area (Å²) in [7, 11) is 0. The van der Waals surface area contributed by atoms with Gasteiger partial charge in [0.1, 0.15) is 6.04 Å². The van der Waals surface area contributed by atoms with E-state index in [0.29, 0.717) is 10.6 Å². The predicted octanol–water partition coefficient (Wildman–Crippen LogP) is 1.74. The van der Waals surface area contributed by atoms with Gasteiger partial charge in [-0.2, -0.15) is 0 Å². The number of hydrogen-bond donors (Lipinski definition) is 2. The molecule has 2 rings (SSSR count). The van der Waals surface area contributed by atoms with Crippen LogP contribution in [0.5, 0.6) is 0 Å². The van der Waals surface area contributed by atoms with Crippen molar-refractivity contribution >= 4 is 23.4 Å². The fraction of sp³-hybridized carbons (Fsp3) is 0.385. The van der Waals surface area contributed by atoms with Gasteiger partial charge in [0.05, 0.1) is 10.6 Å². The summed E-state index contributed by atoms with van der Waals surface area (Å²) in [5, 5.41) is 5.85. The number of nitrogens with one attached hydrogen (secondary N) is 2. The van der Waals surface area contributed by atoms with E-state index in [0.717, 1.165) is 12.8 Å². The molecule has 1 aromatic carbocycles. The SMILES string of the molecule is C[C@@H](NC(=O)c1ccccc1Cl)C(=O)NC1CC1. The van der Waals surface area contributed by atoms with E-state index in [9.17, 15) is 9.59 Å². The molecule has 0 unspecified atom stereocenters. The molecule has 4 nitrogen and oxygen atoms in total. The average molecular weight is 267 g/mol. The topological polar surface area (TPSA) is 58.2 Å². The summed E-state index contributed by atoms with van der Waals surface area (Å²) in [6, 6.07) is 6.48. The molecule has 1 fully saturated rings. The predicted molar refractivity (Wildman–Crippen MR) is 69.5 cm³/mol. The standard InChI is InChI=1S/C13H15ClN2O2/c1-8(12(17)16-9-6-7-9)15-13(18)10-4-2-3-5-11(10)14/h2-5,8-9H,6-7H2,1H3,(H,15,18)(H,16,17)/t8-/m1/s1. The van der Waals surface area contributed by atoms with Gasteiger partial charge in [0.25, 0.3) is 5.91 Å². The quantitative estimate of drug-likeness (QED) is 0.872. The molecule has 2 amide bonds. The van der Waals surface area contributed by atoms with Crippen LogP contribution in [0.3, 0.4) is 0 Å². The Hall–Kier alpha value is -1.55. The summed E-state index contributed by atoms with van der Waals surface area (Å²) >= 11 is 5.92. The van der Waals surface area contributed by atoms with Crippen LogP contribution in [0.2, 0.25) is 5.02 Å². The second-order valence-electron chi connectivity index (χ2n) is 4.46. The van der Waals surface area contributed by atoms with Crippen molar-refractivity contribution in [1.82, 2.24) is 10.6 Å². The maximum absolute atomic E-state index is 11.9. The molecule has 5 heteroatoms. The van der Waals surface area contributed by atoms with Crippen LogP contribution in [-0.4, -0.2) is 23.9 Å². The van der Waals surface area contributed by atoms with Crippen LogP contribution >= 0.6 is 11.6 Å². The first-order chi connectivity index (χ1) is 8.58. The Morgan fingerprint density at radius 3 is 2.61 bits per heavy atom. The minimum absolute atomic E-state index is 0.155. The Labute approximate surface area is 111 Å². The van der Waals surface area contributed by atoms with E-state index < -0.39 is 6.04 Å². The van der Waals surface area contributed by atoms with E-state index >= 15 is 0 Å². The summed E-state index contributed by atoms with van der Waals surface area (Å²) in [5.74, 6) is -0.489. The number of amides is 2. The van der Waals surface area contributed by atoms with E-state index in [2.05, 4.69) is 10.6 Å². The molecule has 0 saturated heterocycles. The van der Waals surface area contributed by atoms with Crippen molar-refractivity contribution in [2.45, 2.75) is 31.8 Å². The molecular formula is C13H15ClN2O2.